The average Bonchev–Trinajstić information content (AvgIpc) is 2.63. The van der Waals surface area contributed by atoms with Crippen molar-refractivity contribution in [3.8, 4) is 12.3 Å². The quantitative estimate of drug-likeness (QED) is 0.629. The molecule has 1 heterocycles. The normalized spacial score (nSPS) is 15.5. The van der Waals surface area contributed by atoms with Gasteiger partial charge in [-0.15, -0.1) is 10.8 Å². The first-order chi connectivity index (χ1) is 9.01. The first-order valence-electron chi connectivity index (χ1n) is 5.49. The second-order valence-corrected chi connectivity index (χ2v) is 5.64. The first-order valence-corrected chi connectivity index (χ1v) is 7.31. The molecule has 0 amide bonds. The van der Waals surface area contributed by atoms with Gasteiger partial charge in [-0.25, -0.2) is 5.06 Å². The van der Waals surface area contributed by atoms with Gasteiger partial charge in [-0.05, 0) is 19.1 Å². The van der Waals surface area contributed by atoms with Crippen LogP contribution in [0, 0.1) is 12.3 Å². The van der Waals surface area contributed by atoms with Gasteiger partial charge in [-0.1, -0.05) is 23.6 Å². The Morgan fingerprint density at radius 3 is 2.89 bits per heavy atom. The van der Waals surface area contributed by atoms with Gasteiger partial charge in [0.15, 0.2) is 5.84 Å². The maximum absolute atomic E-state index is 11.9. The van der Waals surface area contributed by atoms with E-state index in [4.69, 9.17) is 22.9 Å². The second-order valence-electron chi connectivity index (χ2n) is 3.66. The summed E-state index contributed by atoms with van der Waals surface area (Å²) in [6.07, 6.45) is 5.24. The Labute approximate surface area is 116 Å². The summed E-state index contributed by atoms with van der Waals surface area (Å²) in [6, 6.07) is 4.60. The number of fused-ring (bicyclic) bond motifs is 1. The highest BCUT2D eigenvalue weighted by Gasteiger charge is 2.34. The maximum atomic E-state index is 11.9. The molecule has 0 spiro atoms. The molecule has 0 saturated carbocycles. The Morgan fingerprint density at radius 1 is 1.53 bits per heavy atom. The summed E-state index contributed by atoms with van der Waals surface area (Å²) in [5.74, 6) is 2.51. The van der Waals surface area contributed by atoms with E-state index >= 15 is 0 Å². The molecule has 0 radical (unpaired) electrons. The van der Waals surface area contributed by atoms with Crippen molar-refractivity contribution in [2.24, 2.45) is 4.40 Å². The molecule has 5 nitrogen and oxygen atoms in total. The van der Waals surface area contributed by atoms with Crippen LogP contribution in [0.2, 0.25) is 5.02 Å². The SMILES string of the molecule is C#CCN(OCC)C1=NS(=O)(=O)c2cccc(Cl)c21. The largest absolute Gasteiger partial charge is 0.285 e. The molecule has 0 aromatic heterocycles. The molecule has 0 aliphatic carbocycles. The number of rotatable bonds is 3. The van der Waals surface area contributed by atoms with Crippen LogP contribution < -0.4 is 0 Å². The summed E-state index contributed by atoms with van der Waals surface area (Å²) in [5, 5.41) is 1.55. The van der Waals surface area contributed by atoms with Crippen molar-refractivity contribution in [1.82, 2.24) is 5.06 Å². The summed E-state index contributed by atoms with van der Waals surface area (Å²) in [5.41, 5.74) is 0.327. The van der Waals surface area contributed by atoms with Crippen LogP contribution in [0.3, 0.4) is 0 Å². The number of benzene rings is 1. The number of amidine groups is 1. The van der Waals surface area contributed by atoms with E-state index in [0.29, 0.717) is 17.2 Å². The average molecular weight is 299 g/mol. The van der Waals surface area contributed by atoms with Gasteiger partial charge in [0.2, 0.25) is 0 Å². The molecular formula is C12H11ClN2O3S. The summed E-state index contributed by atoms with van der Waals surface area (Å²) in [6.45, 7) is 2.18. The third-order valence-electron chi connectivity index (χ3n) is 2.44. The van der Waals surface area contributed by atoms with Gasteiger partial charge >= 0.3 is 0 Å². The lowest BCUT2D eigenvalue weighted by Crippen LogP contribution is -2.31. The third-order valence-corrected chi connectivity index (χ3v) is 4.06. The molecule has 1 aliphatic rings. The fourth-order valence-corrected chi connectivity index (χ4v) is 3.27. The maximum Gasteiger partial charge on any atom is 0.285 e. The highest BCUT2D eigenvalue weighted by atomic mass is 35.5. The smallest absolute Gasteiger partial charge is 0.271 e. The van der Waals surface area contributed by atoms with Crippen LogP contribution >= 0.6 is 11.6 Å². The van der Waals surface area contributed by atoms with E-state index in [0.717, 1.165) is 0 Å². The number of hydroxylamine groups is 2. The van der Waals surface area contributed by atoms with E-state index in [1.165, 1.54) is 11.1 Å². The predicted octanol–water partition coefficient (Wildman–Crippen LogP) is 1.68. The molecular weight excluding hydrogens is 288 g/mol. The van der Waals surface area contributed by atoms with Crippen molar-refractivity contribution in [1.29, 1.82) is 0 Å². The number of nitrogens with zero attached hydrogens (tertiary/aromatic N) is 2. The minimum Gasteiger partial charge on any atom is -0.271 e. The van der Waals surface area contributed by atoms with Gasteiger partial charge in [0.1, 0.15) is 11.4 Å². The fourth-order valence-electron chi connectivity index (χ4n) is 1.74. The van der Waals surface area contributed by atoms with Gasteiger partial charge in [-0.3, -0.25) is 4.84 Å². The monoisotopic (exact) mass is 298 g/mol. The highest BCUT2D eigenvalue weighted by Crippen LogP contribution is 2.32. The number of sulfonamides is 1. The van der Waals surface area contributed by atoms with Gasteiger partial charge in [0, 0.05) is 0 Å². The standard InChI is InChI=1S/C12H11ClN2O3S/c1-3-8-15(18-4-2)12-11-9(13)6-5-7-10(11)19(16,17)14-12/h1,5-7H,4,8H2,2H3. The lowest BCUT2D eigenvalue weighted by atomic mass is 10.2. The Bertz CT molecular complexity index is 677. The van der Waals surface area contributed by atoms with Gasteiger partial charge in [-0.2, -0.15) is 8.42 Å². The van der Waals surface area contributed by atoms with Crippen LogP contribution in [-0.4, -0.2) is 32.5 Å². The Hall–Kier alpha value is -1.55. The van der Waals surface area contributed by atoms with Gasteiger partial charge < -0.3 is 0 Å². The molecule has 1 aliphatic heterocycles. The number of halogens is 1. The number of hydrogen-bond acceptors (Lipinski definition) is 4. The van der Waals surface area contributed by atoms with E-state index in [1.807, 2.05) is 0 Å². The minimum absolute atomic E-state index is 0.0664. The summed E-state index contributed by atoms with van der Waals surface area (Å²) < 4.78 is 27.6. The Kier molecular flexibility index (Phi) is 3.80. The van der Waals surface area contributed by atoms with Crippen molar-refractivity contribution in [2.45, 2.75) is 11.8 Å². The zero-order chi connectivity index (χ0) is 14.0. The molecule has 19 heavy (non-hydrogen) atoms. The van der Waals surface area contributed by atoms with E-state index in [-0.39, 0.29) is 17.3 Å². The first kappa shape index (κ1) is 13.9. The number of terminal acetylenes is 1. The molecule has 0 N–H and O–H groups in total. The molecule has 7 heteroatoms. The molecule has 1 aromatic carbocycles. The summed E-state index contributed by atoms with van der Waals surface area (Å²) in [4.78, 5) is 5.37. The fraction of sp³-hybridized carbons (Fsp3) is 0.250. The van der Waals surface area contributed by atoms with Crippen molar-refractivity contribution in [3.05, 3.63) is 28.8 Å². The van der Waals surface area contributed by atoms with Gasteiger partial charge in [0.25, 0.3) is 10.0 Å². The van der Waals surface area contributed by atoms with E-state index in [1.54, 1.807) is 19.1 Å². The molecule has 0 bridgehead atoms. The summed E-state index contributed by atoms with van der Waals surface area (Å²) in [7, 11) is -3.75. The second kappa shape index (κ2) is 5.21. The zero-order valence-electron chi connectivity index (χ0n) is 10.1. The lowest BCUT2D eigenvalue weighted by molar-refractivity contribution is -0.0826. The van der Waals surface area contributed by atoms with Crippen LogP contribution in [0.15, 0.2) is 27.5 Å². The van der Waals surface area contributed by atoms with Crippen molar-refractivity contribution in [3.63, 3.8) is 0 Å². The zero-order valence-corrected chi connectivity index (χ0v) is 11.7. The molecule has 0 fully saturated rings. The molecule has 100 valence electrons. The van der Waals surface area contributed by atoms with Crippen molar-refractivity contribution >= 4 is 27.5 Å². The summed E-state index contributed by atoms with van der Waals surface area (Å²) >= 11 is 6.06. The van der Waals surface area contributed by atoms with Crippen LogP contribution in [-0.2, 0) is 14.9 Å². The molecule has 2 rings (SSSR count). The van der Waals surface area contributed by atoms with Crippen molar-refractivity contribution < 1.29 is 13.3 Å². The number of hydrogen-bond donors (Lipinski definition) is 0. The Morgan fingerprint density at radius 2 is 2.26 bits per heavy atom. The lowest BCUT2D eigenvalue weighted by Gasteiger charge is -2.20. The highest BCUT2D eigenvalue weighted by molar-refractivity contribution is 7.90. The molecule has 0 unspecified atom stereocenters. The third kappa shape index (κ3) is 2.45. The minimum atomic E-state index is -3.75. The van der Waals surface area contributed by atoms with E-state index in [2.05, 4.69) is 10.3 Å². The molecule has 1 aromatic rings. The van der Waals surface area contributed by atoms with E-state index in [9.17, 15) is 8.42 Å². The van der Waals surface area contributed by atoms with Crippen LogP contribution in [0.5, 0.6) is 0 Å². The van der Waals surface area contributed by atoms with Crippen LogP contribution in [0.4, 0.5) is 0 Å². The van der Waals surface area contributed by atoms with Crippen LogP contribution in [0.1, 0.15) is 12.5 Å². The van der Waals surface area contributed by atoms with Crippen LogP contribution in [0.25, 0.3) is 0 Å². The topological polar surface area (TPSA) is 59.0 Å². The molecule has 0 atom stereocenters. The van der Waals surface area contributed by atoms with Crippen molar-refractivity contribution in [2.75, 3.05) is 13.2 Å². The molecule has 0 saturated heterocycles. The predicted molar refractivity (Wildman–Crippen MR) is 72.3 cm³/mol. The van der Waals surface area contributed by atoms with E-state index < -0.39 is 10.0 Å². The van der Waals surface area contributed by atoms with Gasteiger partial charge in [0.05, 0.1) is 17.2 Å². The Balaban J connectivity index is 2.58.